The molecule has 0 fully saturated rings. The molecule has 2 aromatic heterocycles. The second-order valence-electron chi connectivity index (χ2n) is 13.6. The molecule has 0 aliphatic rings. The second-order valence-corrected chi connectivity index (χ2v) is 14.6. The van der Waals surface area contributed by atoms with Gasteiger partial charge in [-0.25, -0.2) is 4.98 Å². The highest BCUT2D eigenvalue weighted by Crippen LogP contribution is 2.44. The average molecular weight is 695 g/mol. The molecule has 3 nitrogen and oxygen atoms in total. The van der Waals surface area contributed by atoms with Gasteiger partial charge in [0.25, 0.3) is 0 Å². The molecule has 11 aromatic rings. The zero-order valence-electron chi connectivity index (χ0n) is 28.5. The number of thiazole rings is 1. The van der Waals surface area contributed by atoms with E-state index in [0.29, 0.717) is 0 Å². The van der Waals surface area contributed by atoms with Crippen molar-refractivity contribution in [1.29, 1.82) is 0 Å². The van der Waals surface area contributed by atoms with Crippen LogP contribution in [-0.4, -0.2) is 4.98 Å². The lowest BCUT2D eigenvalue weighted by atomic mass is 9.97. The summed E-state index contributed by atoms with van der Waals surface area (Å²) in [5.74, 6) is 0. The average Bonchev–Trinajstić information content (AvgIpc) is 3.83. The summed E-state index contributed by atoms with van der Waals surface area (Å²) in [5.41, 5.74) is 9.40. The summed E-state index contributed by atoms with van der Waals surface area (Å²) in [4.78, 5) is 7.56. The zero-order valence-corrected chi connectivity index (χ0v) is 29.3. The quantitative estimate of drug-likeness (QED) is 0.180. The topological polar surface area (TPSA) is 29.3 Å². The van der Waals surface area contributed by atoms with E-state index in [2.05, 4.69) is 187 Å². The SMILES string of the molecule is c1cc(-c2cccc3ccccc23)cc(N(c2ccc3ccccc3c2)c2ccc3c(c2)oc2cccc(-c4nc5c(ccc6ccccc65)s4)c23)c1. The van der Waals surface area contributed by atoms with Gasteiger partial charge in [0.1, 0.15) is 16.2 Å². The largest absolute Gasteiger partial charge is 0.456 e. The lowest BCUT2D eigenvalue weighted by Crippen LogP contribution is -2.10. The fourth-order valence-corrected chi connectivity index (χ4v) is 8.97. The van der Waals surface area contributed by atoms with Gasteiger partial charge in [0.05, 0.1) is 10.2 Å². The van der Waals surface area contributed by atoms with Crippen molar-refractivity contribution in [1.82, 2.24) is 4.98 Å². The number of anilines is 3. The third-order valence-corrected chi connectivity index (χ3v) is 11.5. The molecule has 0 aliphatic carbocycles. The fourth-order valence-electron chi connectivity index (χ4n) is 7.96. The first-order valence-corrected chi connectivity index (χ1v) is 18.7. The van der Waals surface area contributed by atoms with E-state index in [4.69, 9.17) is 9.40 Å². The molecule has 4 heteroatoms. The van der Waals surface area contributed by atoms with Crippen LogP contribution < -0.4 is 4.90 Å². The summed E-state index contributed by atoms with van der Waals surface area (Å²) < 4.78 is 7.87. The fraction of sp³-hybridized carbons (Fsp3) is 0. The normalized spacial score (nSPS) is 11.8. The Bertz CT molecular complexity index is 3200. The third kappa shape index (κ3) is 4.91. The van der Waals surface area contributed by atoms with Crippen molar-refractivity contribution in [3.05, 3.63) is 182 Å². The zero-order chi connectivity index (χ0) is 34.9. The Labute approximate surface area is 309 Å². The summed E-state index contributed by atoms with van der Waals surface area (Å²) >= 11 is 1.73. The van der Waals surface area contributed by atoms with E-state index >= 15 is 0 Å². The van der Waals surface area contributed by atoms with E-state index in [1.54, 1.807) is 11.3 Å². The molecule has 53 heavy (non-hydrogen) atoms. The van der Waals surface area contributed by atoms with Crippen molar-refractivity contribution in [2.75, 3.05) is 4.90 Å². The molecule has 0 bridgehead atoms. The Balaban J connectivity index is 1.09. The maximum Gasteiger partial charge on any atom is 0.137 e. The predicted molar refractivity (Wildman–Crippen MR) is 225 cm³/mol. The van der Waals surface area contributed by atoms with Crippen molar-refractivity contribution in [3.8, 4) is 21.7 Å². The summed E-state index contributed by atoms with van der Waals surface area (Å²) in [5, 5.41) is 10.4. The number of benzene rings is 9. The molecular formula is C49H30N2OS. The molecule has 0 saturated carbocycles. The Hall–Kier alpha value is -6.75. The first kappa shape index (κ1) is 29.9. The number of rotatable bonds is 5. The van der Waals surface area contributed by atoms with Gasteiger partial charge < -0.3 is 9.32 Å². The molecule has 0 spiro atoms. The van der Waals surface area contributed by atoms with Crippen molar-refractivity contribution in [2.45, 2.75) is 0 Å². The van der Waals surface area contributed by atoms with E-state index in [0.717, 1.165) is 55.1 Å². The number of nitrogens with zero attached hydrogens (tertiary/aromatic N) is 2. The molecular weight excluding hydrogens is 665 g/mol. The maximum absolute atomic E-state index is 6.68. The van der Waals surface area contributed by atoms with E-state index in [1.165, 1.54) is 48.1 Å². The number of furan rings is 1. The van der Waals surface area contributed by atoms with Gasteiger partial charge in [-0.15, -0.1) is 11.3 Å². The minimum atomic E-state index is 0.840. The first-order chi connectivity index (χ1) is 26.2. The maximum atomic E-state index is 6.68. The Morgan fingerprint density at radius 1 is 0.434 bits per heavy atom. The van der Waals surface area contributed by atoms with Crippen molar-refractivity contribution < 1.29 is 4.42 Å². The lowest BCUT2D eigenvalue weighted by Gasteiger charge is -2.26. The highest BCUT2D eigenvalue weighted by Gasteiger charge is 2.20. The number of hydrogen-bond acceptors (Lipinski definition) is 4. The lowest BCUT2D eigenvalue weighted by molar-refractivity contribution is 0.669. The minimum absolute atomic E-state index is 0.840. The van der Waals surface area contributed by atoms with E-state index in [1.807, 2.05) is 0 Å². The van der Waals surface area contributed by atoms with Crippen molar-refractivity contribution in [2.24, 2.45) is 0 Å². The molecule has 0 amide bonds. The van der Waals surface area contributed by atoms with Gasteiger partial charge in [-0.3, -0.25) is 0 Å². The molecule has 0 unspecified atom stereocenters. The summed E-state index contributed by atoms with van der Waals surface area (Å²) in [6.07, 6.45) is 0. The summed E-state index contributed by atoms with van der Waals surface area (Å²) in [6.45, 7) is 0. The molecule has 0 radical (unpaired) electrons. The van der Waals surface area contributed by atoms with Crippen LogP contribution in [0.1, 0.15) is 0 Å². The molecule has 0 atom stereocenters. The Morgan fingerprint density at radius 3 is 2.00 bits per heavy atom. The van der Waals surface area contributed by atoms with Crippen molar-refractivity contribution >= 4 is 92.9 Å². The van der Waals surface area contributed by atoms with Crippen molar-refractivity contribution in [3.63, 3.8) is 0 Å². The van der Waals surface area contributed by atoms with Gasteiger partial charge in [0.2, 0.25) is 0 Å². The molecule has 9 aromatic carbocycles. The third-order valence-electron chi connectivity index (χ3n) is 10.4. The number of fused-ring (bicyclic) bond motifs is 8. The smallest absolute Gasteiger partial charge is 0.137 e. The van der Waals surface area contributed by atoms with Gasteiger partial charge in [0.15, 0.2) is 0 Å². The monoisotopic (exact) mass is 694 g/mol. The van der Waals surface area contributed by atoms with E-state index in [-0.39, 0.29) is 0 Å². The van der Waals surface area contributed by atoms with Crippen LogP contribution in [0.4, 0.5) is 17.1 Å². The van der Waals surface area contributed by atoms with Crippen LogP contribution in [0.2, 0.25) is 0 Å². The van der Waals surface area contributed by atoms with Crippen LogP contribution in [0.3, 0.4) is 0 Å². The van der Waals surface area contributed by atoms with Crippen LogP contribution in [0.5, 0.6) is 0 Å². The van der Waals surface area contributed by atoms with Gasteiger partial charge in [-0.05, 0) is 86.6 Å². The van der Waals surface area contributed by atoms with Gasteiger partial charge in [-0.2, -0.15) is 0 Å². The van der Waals surface area contributed by atoms with Gasteiger partial charge >= 0.3 is 0 Å². The Kier molecular flexibility index (Phi) is 6.73. The molecule has 248 valence electrons. The van der Waals surface area contributed by atoms with Gasteiger partial charge in [-0.1, -0.05) is 127 Å². The van der Waals surface area contributed by atoms with Crippen LogP contribution in [0.15, 0.2) is 186 Å². The molecule has 0 N–H and O–H groups in total. The highest BCUT2D eigenvalue weighted by atomic mass is 32.1. The minimum Gasteiger partial charge on any atom is -0.456 e. The van der Waals surface area contributed by atoms with Gasteiger partial charge in [0, 0.05) is 44.9 Å². The molecule has 0 aliphatic heterocycles. The number of aromatic nitrogens is 1. The predicted octanol–water partition coefficient (Wildman–Crippen LogP) is 14.5. The highest BCUT2D eigenvalue weighted by molar-refractivity contribution is 7.21. The number of hydrogen-bond donors (Lipinski definition) is 0. The van der Waals surface area contributed by atoms with Crippen LogP contribution in [0, 0.1) is 0 Å². The Morgan fingerprint density at radius 2 is 1.09 bits per heavy atom. The van der Waals surface area contributed by atoms with Crippen LogP contribution in [-0.2, 0) is 0 Å². The second kappa shape index (κ2) is 11.9. The molecule has 0 saturated heterocycles. The van der Waals surface area contributed by atoms with E-state index < -0.39 is 0 Å². The summed E-state index contributed by atoms with van der Waals surface area (Å²) in [6, 6.07) is 65.0. The van der Waals surface area contributed by atoms with Crippen LogP contribution in [0.25, 0.3) is 86.2 Å². The standard InChI is InChI=1S/C49H30N2OS/c1-2-13-34-28-37(24-22-31(34)10-1)51(36-16-7-15-35(29-36)40-19-8-14-32-11-3-5-17-39(32)40)38-25-26-42-45(30-38)52-44-21-9-20-43(47(42)44)49-50-48-41-18-6-4-12-33(41)23-27-46(48)53-49/h1-30H. The molecule has 11 rings (SSSR count). The summed E-state index contributed by atoms with van der Waals surface area (Å²) in [7, 11) is 0. The molecule has 2 heterocycles. The van der Waals surface area contributed by atoms with Crippen LogP contribution >= 0.6 is 11.3 Å². The van der Waals surface area contributed by atoms with E-state index in [9.17, 15) is 0 Å². The first-order valence-electron chi connectivity index (χ1n) is 17.9.